The van der Waals surface area contributed by atoms with Crippen molar-refractivity contribution in [1.82, 2.24) is 0 Å². The lowest BCUT2D eigenvalue weighted by atomic mass is 9.82. The van der Waals surface area contributed by atoms with Gasteiger partial charge in [0.1, 0.15) is 0 Å². The van der Waals surface area contributed by atoms with Gasteiger partial charge >= 0.3 is 0 Å². The van der Waals surface area contributed by atoms with E-state index in [1.54, 1.807) is 0 Å². The first-order chi connectivity index (χ1) is 8.18. The van der Waals surface area contributed by atoms with Crippen LogP contribution in [0.4, 0.5) is 0 Å². The third kappa shape index (κ3) is 4.34. The molecule has 17 heavy (non-hydrogen) atoms. The van der Waals surface area contributed by atoms with Crippen molar-refractivity contribution in [2.45, 2.75) is 18.8 Å². The Morgan fingerprint density at radius 1 is 1.29 bits per heavy atom. The van der Waals surface area contributed by atoms with Crippen LogP contribution in [-0.4, -0.2) is 23.3 Å². The summed E-state index contributed by atoms with van der Waals surface area (Å²) in [6, 6.07) is 8.31. The summed E-state index contributed by atoms with van der Waals surface area (Å²) >= 11 is 17.8. The highest BCUT2D eigenvalue weighted by Gasteiger charge is 2.30. The SMILES string of the molecule is CCSCCC(CCl)(CCl)c1cccc(Br)c1. The van der Waals surface area contributed by atoms with E-state index in [9.17, 15) is 0 Å². The minimum Gasteiger partial charge on any atom is -0.162 e. The maximum absolute atomic E-state index is 6.18. The predicted octanol–water partition coefficient (Wildman–Crippen LogP) is 5.31. The van der Waals surface area contributed by atoms with Gasteiger partial charge in [-0.25, -0.2) is 0 Å². The summed E-state index contributed by atoms with van der Waals surface area (Å²) in [5.74, 6) is 3.37. The number of thioether (sulfide) groups is 1. The van der Waals surface area contributed by atoms with Crippen LogP contribution in [0.15, 0.2) is 28.7 Å². The molecule has 0 aromatic heterocycles. The summed E-state index contributed by atoms with van der Waals surface area (Å²) in [7, 11) is 0. The van der Waals surface area contributed by atoms with Crippen LogP contribution >= 0.6 is 50.9 Å². The summed E-state index contributed by atoms with van der Waals surface area (Å²) in [5.41, 5.74) is 1.13. The molecule has 0 N–H and O–H groups in total. The van der Waals surface area contributed by atoms with Crippen LogP contribution in [-0.2, 0) is 5.41 Å². The molecule has 0 fully saturated rings. The largest absolute Gasteiger partial charge is 0.162 e. The van der Waals surface area contributed by atoms with Crippen LogP contribution in [0.1, 0.15) is 18.9 Å². The highest BCUT2D eigenvalue weighted by atomic mass is 79.9. The van der Waals surface area contributed by atoms with E-state index >= 15 is 0 Å². The smallest absolute Gasteiger partial charge is 0.0332 e. The van der Waals surface area contributed by atoms with E-state index in [0.717, 1.165) is 22.4 Å². The predicted molar refractivity (Wildman–Crippen MR) is 84.9 cm³/mol. The minimum atomic E-state index is -0.102. The van der Waals surface area contributed by atoms with Crippen LogP contribution in [0.2, 0.25) is 0 Å². The molecule has 0 radical (unpaired) electrons. The molecule has 0 heterocycles. The van der Waals surface area contributed by atoms with Gasteiger partial charge in [0, 0.05) is 21.6 Å². The van der Waals surface area contributed by atoms with E-state index in [1.165, 1.54) is 5.56 Å². The third-order valence-electron chi connectivity index (χ3n) is 2.88. The van der Waals surface area contributed by atoms with Crippen molar-refractivity contribution in [3.05, 3.63) is 34.3 Å². The van der Waals surface area contributed by atoms with Gasteiger partial charge in [0.05, 0.1) is 0 Å². The molecule has 1 aromatic rings. The van der Waals surface area contributed by atoms with Crippen molar-refractivity contribution in [2.75, 3.05) is 23.3 Å². The second-order valence-electron chi connectivity index (χ2n) is 4.00. The molecule has 1 rings (SSSR count). The van der Waals surface area contributed by atoms with Gasteiger partial charge < -0.3 is 0 Å². The number of alkyl halides is 2. The van der Waals surface area contributed by atoms with Crippen molar-refractivity contribution in [2.24, 2.45) is 0 Å². The zero-order valence-electron chi connectivity index (χ0n) is 9.89. The Kier molecular flexibility index (Phi) is 7.32. The van der Waals surface area contributed by atoms with Crippen LogP contribution in [0, 0.1) is 0 Å². The van der Waals surface area contributed by atoms with E-state index in [-0.39, 0.29) is 5.41 Å². The van der Waals surface area contributed by atoms with E-state index in [4.69, 9.17) is 23.2 Å². The maximum Gasteiger partial charge on any atom is 0.0332 e. The van der Waals surface area contributed by atoms with Crippen LogP contribution < -0.4 is 0 Å². The lowest BCUT2D eigenvalue weighted by Crippen LogP contribution is -2.31. The molecule has 0 amide bonds. The van der Waals surface area contributed by atoms with E-state index in [1.807, 2.05) is 23.9 Å². The lowest BCUT2D eigenvalue weighted by Gasteiger charge is -2.30. The molecule has 0 unspecified atom stereocenters. The third-order valence-corrected chi connectivity index (χ3v) is 5.30. The van der Waals surface area contributed by atoms with Crippen molar-refractivity contribution in [3.63, 3.8) is 0 Å². The Labute approximate surface area is 127 Å². The fourth-order valence-corrected chi connectivity index (χ4v) is 3.78. The van der Waals surface area contributed by atoms with Crippen LogP contribution in [0.5, 0.6) is 0 Å². The van der Waals surface area contributed by atoms with E-state index in [2.05, 4.69) is 35.0 Å². The Morgan fingerprint density at radius 2 is 2.00 bits per heavy atom. The molecule has 0 aliphatic heterocycles. The molecule has 96 valence electrons. The maximum atomic E-state index is 6.18. The number of rotatable bonds is 7. The van der Waals surface area contributed by atoms with Crippen LogP contribution in [0.3, 0.4) is 0 Å². The Morgan fingerprint density at radius 3 is 2.53 bits per heavy atom. The number of hydrogen-bond acceptors (Lipinski definition) is 1. The molecule has 0 nitrogen and oxygen atoms in total. The number of halogens is 3. The lowest BCUT2D eigenvalue weighted by molar-refractivity contribution is 0.524. The van der Waals surface area contributed by atoms with Gasteiger partial charge in [0.15, 0.2) is 0 Å². The molecule has 4 heteroatoms. The van der Waals surface area contributed by atoms with Gasteiger partial charge in [0.25, 0.3) is 0 Å². The summed E-state index contributed by atoms with van der Waals surface area (Å²) in [6.45, 7) is 2.17. The first kappa shape index (κ1) is 15.7. The zero-order valence-corrected chi connectivity index (χ0v) is 13.8. The first-order valence-corrected chi connectivity index (χ1v) is 8.66. The molecule has 0 atom stereocenters. The number of benzene rings is 1. The van der Waals surface area contributed by atoms with E-state index < -0.39 is 0 Å². The Bertz CT molecular complexity index is 340. The molecule has 1 aromatic carbocycles. The van der Waals surface area contributed by atoms with Gasteiger partial charge in [-0.15, -0.1) is 23.2 Å². The zero-order chi connectivity index (χ0) is 12.7. The minimum absolute atomic E-state index is 0.102. The molecule has 0 saturated carbocycles. The average Bonchev–Trinajstić information content (AvgIpc) is 2.35. The van der Waals surface area contributed by atoms with Crippen molar-refractivity contribution < 1.29 is 0 Å². The van der Waals surface area contributed by atoms with E-state index in [0.29, 0.717) is 11.8 Å². The molecule has 0 spiro atoms. The molecular weight excluding hydrogens is 339 g/mol. The second kappa shape index (κ2) is 7.93. The van der Waals surface area contributed by atoms with Gasteiger partial charge in [-0.2, -0.15) is 11.8 Å². The Hall–Kier alpha value is 0.630. The summed E-state index contributed by atoms with van der Waals surface area (Å²) in [6.07, 6.45) is 1.02. The Balaban J connectivity index is 2.89. The topological polar surface area (TPSA) is 0 Å². The highest BCUT2D eigenvalue weighted by Crippen LogP contribution is 2.33. The van der Waals surface area contributed by atoms with Crippen molar-refractivity contribution in [3.8, 4) is 0 Å². The van der Waals surface area contributed by atoms with Gasteiger partial charge in [-0.3, -0.25) is 0 Å². The standard InChI is InChI=1S/C13H17BrCl2S/c1-2-17-7-6-13(9-15,10-16)11-4-3-5-12(14)8-11/h3-5,8H,2,6-7,9-10H2,1H3. The molecular formula is C13H17BrCl2S. The summed E-state index contributed by atoms with van der Waals surface area (Å²) < 4.78 is 1.08. The average molecular weight is 356 g/mol. The van der Waals surface area contributed by atoms with Gasteiger partial charge in [-0.05, 0) is 35.6 Å². The molecule has 0 aliphatic rings. The highest BCUT2D eigenvalue weighted by molar-refractivity contribution is 9.10. The normalized spacial score (nSPS) is 11.8. The monoisotopic (exact) mass is 354 g/mol. The van der Waals surface area contributed by atoms with Gasteiger partial charge in [-0.1, -0.05) is 35.0 Å². The molecule has 0 aliphatic carbocycles. The van der Waals surface area contributed by atoms with Crippen molar-refractivity contribution >= 4 is 50.9 Å². The van der Waals surface area contributed by atoms with Crippen LogP contribution in [0.25, 0.3) is 0 Å². The molecule has 0 bridgehead atoms. The van der Waals surface area contributed by atoms with Gasteiger partial charge in [0.2, 0.25) is 0 Å². The number of hydrogen-bond donors (Lipinski definition) is 0. The fraction of sp³-hybridized carbons (Fsp3) is 0.538. The fourth-order valence-electron chi connectivity index (χ4n) is 1.70. The first-order valence-electron chi connectivity index (χ1n) is 5.64. The van der Waals surface area contributed by atoms with Crippen molar-refractivity contribution in [1.29, 1.82) is 0 Å². The molecule has 0 saturated heterocycles. The second-order valence-corrected chi connectivity index (χ2v) is 6.85. The summed E-state index contributed by atoms with van der Waals surface area (Å²) in [5, 5.41) is 0. The summed E-state index contributed by atoms with van der Waals surface area (Å²) in [4.78, 5) is 0. The quantitative estimate of drug-likeness (QED) is 0.472.